The quantitative estimate of drug-likeness (QED) is 0.207. The Hall–Kier alpha value is -6.01. The summed E-state index contributed by atoms with van der Waals surface area (Å²) in [6, 6.07) is 49.8. The smallest absolute Gasteiger partial charge is 0.525 e. The summed E-state index contributed by atoms with van der Waals surface area (Å²) in [5.41, 5.74) is 10.8. The first-order valence-corrected chi connectivity index (χ1v) is 15.4. The van der Waals surface area contributed by atoms with Crippen molar-refractivity contribution >= 4 is 35.5 Å². The van der Waals surface area contributed by atoms with Gasteiger partial charge < -0.3 is 19.2 Å². The Morgan fingerprint density at radius 2 is 1.09 bits per heavy atom. The van der Waals surface area contributed by atoms with Crippen LogP contribution in [0.15, 0.2) is 168 Å². The average molecular weight is 596 g/mol. The van der Waals surface area contributed by atoms with Crippen LogP contribution in [0.1, 0.15) is 16.8 Å². The molecule has 1 N–H and O–H groups in total. The van der Waals surface area contributed by atoms with Crippen LogP contribution in [0.5, 0.6) is 11.5 Å². The molecule has 0 spiro atoms. The number of allylic oxidation sites excluding steroid dienone is 2. The molecule has 4 bridgehead atoms. The molecule has 0 saturated heterocycles. The molecule has 0 unspecified atom stereocenters. The van der Waals surface area contributed by atoms with E-state index in [1.54, 1.807) is 0 Å². The summed E-state index contributed by atoms with van der Waals surface area (Å²) >= 11 is 0. The van der Waals surface area contributed by atoms with E-state index in [-0.39, 0.29) is 0 Å². The van der Waals surface area contributed by atoms with E-state index in [1.807, 2.05) is 61.4 Å². The summed E-state index contributed by atoms with van der Waals surface area (Å²) in [6.07, 6.45) is 4.14. The van der Waals surface area contributed by atoms with Crippen molar-refractivity contribution in [1.29, 1.82) is 0 Å². The fraction of sp³-hybridized carbons (Fsp3) is 0.0250. The number of nitrogens with one attached hydrogen (secondary N) is 1. The first-order chi connectivity index (χ1) is 22.7. The lowest BCUT2D eigenvalue weighted by atomic mass is 9.93. The number of nitrogens with zero attached hydrogens (tertiary/aromatic N) is 2. The summed E-state index contributed by atoms with van der Waals surface area (Å²) in [6.45, 7) is 1.91. The minimum Gasteiger partial charge on any atom is -0.525 e. The molecule has 5 aromatic carbocycles. The van der Waals surface area contributed by atoms with Gasteiger partial charge in [-0.25, -0.2) is 4.99 Å². The van der Waals surface area contributed by atoms with Gasteiger partial charge in [0, 0.05) is 45.2 Å². The van der Waals surface area contributed by atoms with E-state index in [9.17, 15) is 0 Å². The van der Waals surface area contributed by atoms with Gasteiger partial charge >= 0.3 is 7.12 Å². The summed E-state index contributed by atoms with van der Waals surface area (Å²) in [4.78, 5) is 11.1. The molecule has 220 valence electrons. The van der Waals surface area contributed by atoms with Gasteiger partial charge in [-0.3, -0.25) is 0 Å². The molecule has 6 heteroatoms. The van der Waals surface area contributed by atoms with E-state index in [2.05, 4.69) is 113 Å². The van der Waals surface area contributed by atoms with Gasteiger partial charge in [-0.05, 0) is 97.3 Å². The van der Waals surface area contributed by atoms with E-state index >= 15 is 0 Å². The molecular weight excluding hydrogens is 565 g/mol. The molecular formula is C40H30BN3O2. The molecule has 0 fully saturated rings. The number of benzene rings is 5. The molecule has 2 aliphatic heterocycles. The highest BCUT2D eigenvalue weighted by Crippen LogP contribution is 2.39. The van der Waals surface area contributed by atoms with E-state index < -0.39 is 7.12 Å². The first kappa shape index (κ1) is 27.5. The second-order valence-electron chi connectivity index (χ2n) is 11.2. The minimum atomic E-state index is -0.513. The lowest BCUT2D eigenvalue weighted by Crippen LogP contribution is -2.26. The highest BCUT2D eigenvalue weighted by molar-refractivity contribution is 6.44. The lowest BCUT2D eigenvalue weighted by molar-refractivity contribution is 0.431. The van der Waals surface area contributed by atoms with E-state index in [1.165, 1.54) is 0 Å². The van der Waals surface area contributed by atoms with Crippen molar-refractivity contribution in [2.24, 2.45) is 4.99 Å². The van der Waals surface area contributed by atoms with Crippen LogP contribution in [-0.2, 0) is 0 Å². The van der Waals surface area contributed by atoms with E-state index in [0.29, 0.717) is 0 Å². The van der Waals surface area contributed by atoms with Gasteiger partial charge in [-0.15, -0.1) is 0 Å². The second-order valence-corrected chi connectivity index (χ2v) is 11.2. The number of hydrogen-bond acceptors (Lipinski definition) is 4. The van der Waals surface area contributed by atoms with E-state index in [4.69, 9.17) is 14.3 Å². The summed E-state index contributed by atoms with van der Waals surface area (Å²) < 4.78 is 12.7. The third-order valence-electron chi connectivity index (χ3n) is 8.22. The number of para-hydroxylation sites is 4. The zero-order valence-corrected chi connectivity index (χ0v) is 25.3. The van der Waals surface area contributed by atoms with Gasteiger partial charge in [0.25, 0.3) is 0 Å². The fourth-order valence-corrected chi connectivity index (χ4v) is 6.12. The highest BCUT2D eigenvalue weighted by atomic mass is 16.6. The van der Waals surface area contributed by atoms with Crippen molar-refractivity contribution in [1.82, 2.24) is 4.98 Å². The maximum atomic E-state index is 6.35. The van der Waals surface area contributed by atoms with Gasteiger partial charge in [-0.1, -0.05) is 72.8 Å². The normalized spacial score (nSPS) is 15.2. The predicted molar refractivity (Wildman–Crippen MR) is 188 cm³/mol. The second kappa shape index (κ2) is 11.8. The Balaban J connectivity index is 1.28. The lowest BCUT2D eigenvalue weighted by Gasteiger charge is -2.25. The molecule has 3 heterocycles. The SMILES string of the molecule is CB1Oc2ccccc2C2=N/C(=C(/c3ccc(N(c4ccccc4)c4ccccc4)cc3)c3ccc([nH]3)-c3ccccc3O1)C=C2. The summed E-state index contributed by atoms with van der Waals surface area (Å²) in [5, 5.41) is 0. The molecule has 0 saturated carbocycles. The third-order valence-corrected chi connectivity index (χ3v) is 8.22. The van der Waals surface area contributed by atoms with Crippen molar-refractivity contribution in [3.63, 3.8) is 0 Å². The molecule has 0 amide bonds. The third kappa shape index (κ3) is 5.20. The number of anilines is 3. The Kier molecular flexibility index (Phi) is 7.08. The summed E-state index contributed by atoms with van der Waals surface area (Å²) in [7, 11) is -0.513. The molecule has 0 atom stereocenters. The minimum absolute atomic E-state index is 0.513. The number of fused-ring (bicyclic) bond motifs is 7. The maximum absolute atomic E-state index is 6.35. The van der Waals surface area contributed by atoms with E-state index in [0.717, 1.165) is 73.6 Å². The Morgan fingerprint density at radius 1 is 0.543 bits per heavy atom. The Morgan fingerprint density at radius 3 is 1.76 bits per heavy atom. The number of H-pyrrole nitrogens is 1. The van der Waals surface area contributed by atoms with Gasteiger partial charge in [0.2, 0.25) is 0 Å². The van der Waals surface area contributed by atoms with Crippen molar-refractivity contribution in [3.8, 4) is 22.8 Å². The van der Waals surface area contributed by atoms with Crippen molar-refractivity contribution in [2.45, 2.75) is 6.82 Å². The number of aromatic nitrogens is 1. The number of aliphatic imine (C=N–C) groups is 1. The van der Waals surface area contributed by atoms with Gasteiger partial charge in [0.1, 0.15) is 11.5 Å². The van der Waals surface area contributed by atoms with Gasteiger partial charge in [-0.2, -0.15) is 0 Å². The van der Waals surface area contributed by atoms with Crippen LogP contribution in [0.2, 0.25) is 6.82 Å². The zero-order valence-electron chi connectivity index (χ0n) is 25.3. The van der Waals surface area contributed by atoms with Crippen LogP contribution in [0.4, 0.5) is 17.1 Å². The zero-order chi connectivity index (χ0) is 30.9. The van der Waals surface area contributed by atoms with Crippen LogP contribution in [-0.4, -0.2) is 17.8 Å². The van der Waals surface area contributed by atoms with Crippen LogP contribution in [0, 0.1) is 0 Å². The average Bonchev–Trinajstić information content (AvgIpc) is 3.78. The number of rotatable bonds is 4. The molecule has 0 aliphatic carbocycles. The monoisotopic (exact) mass is 595 g/mol. The van der Waals surface area contributed by atoms with Crippen LogP contribution >= 0.6 is 0 Å². The van der Waals surface area contributed by atoms with Crippen LogP contribution in [0.3, 0.4) is 0 Å². The molecule has 46 heavy (non-hydrogen) atoms. The first-order valence-electron chi connectivity index (χ1n) is 15.4. The Labute approximate surface area is 268 Å². The highest BCUT2D eigenvalue weighted by Gasteiger charge is 2.24. The standard InChI is InChI=1S/C40H30BN3O2/c1-41-45-38-18-10-8-16-32(38)34-24-26-36(42-34)40(37-27-25-35(43-37)33-17-9-11-19-39(33)46-41)28-20-22-31(23-21-28)44(29-12-4-2-5-13-29)30-14-6-3-7-15-30/h2-27,42H,1H3/b40-37-. The molecule has 2 aliphatic rings. The van der Waals surface area contributed by atoms with Crippen molar-refractivity contribution in [3.05, 3.63) is 180 Å². The predicted octanol–water partition coefficient (Wildman–Crippen LogP) is 9.86. The van der Waals surface area contributed by atoms with Crippen LogP contribution in [0.25, 0.3) is 16.8 Å². The molecule has 6 aromatic rings. The maximum Gasteiger partial charge on any atom is 0.591 e. The summed E-state index contributed by atoms with van der Waals surface area (Å²) in [5.74, 6) is 1.47. The largest absolute Gasteiger partial charge is 0.591 e. The Bertz CT molecular complexity index is 2080. The van der Waals surface area contributed by atoms with Crippen molar-refractivity contribution < 1.29 is 9.31 Å². The van der Waals surface area contributed by atoms with Crippen molar-refractivity contribution in [2.75, 3.05) is 4.90 Å². The van der Waals surface area contributed by atoms with Gasteiger partial charge in [0.05, 0.1) is 11.4 Å². The number of hydrogen-bond donors (Lipinski definition) is 1. The van der Waals surface area contributed by atoms with Gasteiger partial charge in [0.15, 0.2) is 0 Å². The molecule has 1 aromatic heterocycles. The molecule has 8 rings (SSSR count). The topological polar surface area (TPSA) is 49.8 Å². The molecule has 5 nitrogen and oxygen atoms in total. The fourth-order valence-electron chi connectivity index (χ4n) is 6.12. The van der Waals surface area contributed by atoms with Crippen LogP contribution < -0.4 is 14.2 Å². The number of aromatic amines is 1. The molecule has 0 radical (unpaired) electrons.